The van der Waals surface area contributed by atoms with Gasteiger partial charge in [-0.05, 0) is 29.8 Å². The summed E-state index contributed by atoms with van der Waals surface area (Å²) in [5.74, 6) is -0.316. The lowest BCUT2D eigenvalue weighted by Gasteiger charge is -2.10. The van der Waals surface area contributed by atoms with Gasteiger partial charge in [-0.1, -0.05) is 12.1 Å². The van der Waals surface area contributed by atoms with Crippen LogP contribution in [-0.2, 0) is 7.05 Å². The Morgan fingerprint density at radius 2 is 1.95 bits per heavy atom. The van der Waals surface area contributed by atoms with E-state index in [-0.39, 0.29) is 11.0 Å². The summed E-state index contributed by atoms with van der Waals surface area (Å²) < 4.78 is 42.7. The Bertz CT molecular complexity index is 845. The molecule has 0 aliphatic rings. The number of hydrogen-bond acceptors (Lipinski definition) is 3. The van der Waals surface area contributed by atoms with E-state index in [1.807, 2.05) is 0 Å². The second kappa shape index (κ2) is 5.17. The number of benzene rings is 1. The van der Waals surface area contributed by atoms with Crippen molar-refractivity contribution in [3.63, 3.8) is 0 Å². The zero-order chi connectivity index (χ0) is 15.9. The molecule has 0 aliphatic heterocycles. The molecule has 22 heavy (non-hydrogen) atoms. The molecule has 0 saturated heterocycles. The number of aryl methyl sites for hydroxylation is 1. The van der Waals surface area contributed by atoms with Gasteiger partial charge in [0.15, 0.2) is 0 Å². The Balaban J connectivity index is 2.13. The van der Waals surface area contributed by atoms with Crippen LogP contribution >= 0.6 is 11.6 Å². The van der Waals surface area contributed by atoms with Crippen molar-refractivity contribution in [2.24, 2.45) is 7.05 Å². The molecular formula is C14H9ClF3N3O. The number of nitrogens with zero attached hydrogens (tertiary/aromatic N) is 3. The number of rotatable bonds is 2. The molecule has 0 fully saturated rings. The third kappa shape index (κ3) is 2.85. The lowest BCUT2D eigenvalue weighted by atomic mass is 10.1. The lowest BCUT2D eigenvalue weighted by Crippen LogP contribution is -2.17. The van der Waals surface area contributed by atoms with Crippen molar-refractivity contribution in [1.29, 1.82) is 0 Å². The molecule has 0 N–H and O–H groups in total. The number of halogens is 4. The SMILES string of the molecule is Cn1ccc2c(-c3cccc(OC(F)(F)F)c3)nc(Cl)nc21. The van der Waals surface area contributed by atoms with Crippen LogP contribution in [0.25, 0.3) is 22.3 Å². The van der Waals surface area contributed by atoms with Crippen LogP contribution in [0.1, 0.15) is 0 Å². The van der Waals surface area contributed by atoms with E-state index in [0.29, 0.717) is 22.3 Å². The quantitative estimate of drug-likeness (QED) is 0.663. The lowest BCUT2D eigenvalue weighted by molar-refractivity contribution is -0.274. The Labute approximate surface area is 128 Å². The maximum absolute atomic E-state index is 12.3. The van der Waals surface area contributed by atoms with Gasteiger partial charge >= 0.3 is 6.36 Å². The van der Waals surface area contributed by atoms with Crippen LogP contribution in [0.15, 0.2) is 36.5 Å². The molecule has 3 aromatic rings. The molecule has 0 saturated carbocycles. The molecule has 0 spiro atoms. The highest BCUT2D eigenvalue weighted by atomic mass is 35.5. The normalized spacial score (nSPS) is 11.9. The van der Waals surface area contributed by atoms with Gasteiger partial charge in [-0.3, -0.25) is 0 Å². The molecule has 114 valence electrons. The van der Waals surface area contributed by atoms with E-state index < -0.39 is 6.36 Å². The van der Waals surface area contributed by atoms with Gasteiger partial charge in [-0.15, -0.1) is 13.2 Å². The fourth-order valence-electron chi connectivity index (χ4n) is 2.17. The molecule has 0 unspecified atom stereocenters. The second-order valence-corrected chi connectivity index (χ2v) is 4.92. The Morgan fingerprint density at radius 3 is 2.68 bits per heavy atom. The molecule has 0 amide bonds. The van der Waals surface area contributed by atoms with Crippen LogP contribution < -0.4 is 4.74 Å². The van der Waals surface area contributed by atoms with Crippen LogP contribution in [0.2, 0.25) is 5.28 Å². The van der Waals surface area contributed by atoms with Crippen molar-refractivity contribution < 1.29 is 17.9 Å². The van der Waals surface area contributed by atoms with Crippen LogP contribution in [0.4, 0.5) is 13.2 Å². The fourth-order valence-corrected chi connectivity index (χ4v) is 2.34. The first kappa shape index (κ1) is 14.6. The Kier molecular flexibility index (Phi) is 3.44. The van der Waals surface area contributed by atoms with Gasteiger partial charge < -0.3 is 9.30 Å². The molecule has 0 aliphatic carbocycles. The van der Waals surface area contributed by atoms with E-state index in [1.54, 1.807) is 29.9 Å². The summed E-state index contributed by atoms with van der Waals surface area (Å²) >= 11 is 5.90. The van der Waals surface area contributed by atoms with E-state index >= 15 is 0 Å². The minimum Gasteiger partial charge on any atom is -0.406 e. The van der Waals surface area contributed by atoms with Crippen molar-refractivity contribution in [1.82, 2.24) is 14.5 Å². The molecule has 3 rings (SSSR count). The molecule has 1 aromatic carbocycles. The predicted molar refractivity (Wildman–Crippen MR) is 75.6 cm³/mol. The number of hydrogen-bond donors (Lipinski definition) is 0. The maximum atomic E-state index is 12.3. The van der Waals surface area contributed by atoms with E-state index in [2.05, 4.69) is 14.7 Å². The maximum Gasteiger partial charge on any atom is 0.573 e. The number of aromatic nitrogens is 3. The van der Waals surface area contributed by atoms with Crippen molar-refractivity contribution in [2.75, 3.05) is 0 Å². The first-order chi connectivity index (χ1) is 10.3. The van der Waals surface area contributed by atoms with E-state index in [9.17, 15) is 13.2 Å². The third-order valence-electron chi connectivity index (χ3n) is 3.04. The highest BCUT2D eigenvalue weighted by Gasteiger charge is 2.31. The molecule has 0 atom stereocenters. The van der Waals surface area contributed by atoms with Crippen LogP contribution in [0.5, 0.6) is 5.75 Å². The first-order valence-corrected chi connectivity index (χ1v) is 6.56. The van der Waals surface area contributed by atoms with Crippen LogP contribution in [0, 0.1) is 0 Å². The highest BCUT2D eigenvalue weighted by molar-refractivity contribution is 6.28. The first-order valence-electron chi connectivity index (χ1n) is 6.18. The van der Waals surface area contributed by atoms with Crippen molar-refractivity contribution in [3.05, 3.63) is 41.8 Å². The molecular weight excluding hydrogens is 319 g/mol. The predicted octanol–water partition coefficient (Wildman–Crippen LogP) is 4.19. The monoisotopic (exact) mass is 327 g/mol. The number of ether oxygens (including phenoxy) is 1. The van der Waals surface area contributed by atoms with Crippen LogP contribution in [-0.4, -0.2) is 20.9 Å². The largest absolute Gasteiger partial charge is 0.573 e. The molecule has 0 bridgehead atoms. The summed E-state index contributed by atoms with van der Waals surface area (Å²) in [6.07, 6.45) is -2.97. The standard InChI is InChI=1S/C14H9ClF3N3O/c1-21-6-5-10-11(19-13(15)20-12(10)21)8-3-2-4-9(7-8)22-14(16,17)18/h2-7H,1H3. The van der Waals surface area contributed by atoms with Gasteiger partial charge in [0.2, 0.25) is 5.28 Å². The van der Waals surface area contributed by atoms with Crippen molar-refractivity contribution >= 4 is 22.6 Å². The van der Waals surface area contributed by atoms with Gasteiger partial charge in [-0.2, -0.15) is 4.98 Å². The van der Waals surface area contributed by atoms with E-state index in [1.165, 1.54) is 18.2 Å². The van der Waals surface area contributed by atoms with Gasteiger partial charge in [-0.25, -0.2) is 4.98 Å². The Morgan fingerprint density at radius 1 is 1.18 bits per heavy atom. The van der Waals surface area contributed by atoms with Gasteiger partial charge in [0.1, 0.15) is 11.4 Å². The average molecular weight is 328 g/mol. The summed E-state index contributed by atoms with van der Waals surface area (Å²) in [4.78, 5) is 8.24. The average Bonchev–Trinajstić information content (AvgIpc) is 2.78. The second-order valence-electron chi connectivity index (χ2n) is 4.58. The smallest absolute Gasteiger partial charge is 0.406 e. The zero-order valence-corrected chi connectivity index (χ0v) is 12.0. The number of alkyl halides is 3. The summed E-state index contributed by atoms with van der Waals surface area (Å²) in [5, 5.41) is 0.711. The molecule has 4 nitrogen and oxygen atoms in total. The van der Waals surface area contributed by atoms with E-state index in [0.717, 1.165) is 0 Å². The topological polar surface area (TPSA) is 39.9 Å². The summed E-state index contributed by atoms with van der Waals surface area (Å²) in [6.45, 7) is 0. The molecule has 0 radical (unpaired) electrons. The minimum absolute atomic E-state index is 0.0199. The van der Waals surface area contributed by atoms with Gasteiger partial charge in [0, 0.05) is 24.2 Å². The zero-order valence-electron chi connectivity index (χ0n) is 11.2. The van der Waals surface area contributed by atoms with E-state index in [4.69, 9.17) is 11.6 Å². The van der Waals surface area contributed by atoms with Crippen molar-refractivity contribution in [2.45, 2.75) is 6.36 Å². The number of fused-ring (bicyclic) bond motifs is 1. The summed E-state index contributed by atoms with van der Waals surface area (Å²) in [5.41, 5.74) is 1.50. The van der Waals surface area contributed by atoms with Gasteiger partial charge in [0.25, 0.3) is 0 Å². The molecule has 8 heteroatoms. The molecule has 2 aromatic heterocycles. The van der Waals surface area contributed by atoms with Gasteiger partial charge in [0.05, 0.1) is 5.69 Å². The highest BCUT2D eigenvalue weighted by Crippen LogP contribution is 2.31. The Hall–Kier alpha value is -2.28. The minimum atomic E-state index is -4.75. The van der Waals surface area contributed by atoms with Crippen molar-refractivity contribution in [3.8, 4) is 17.0 Å². The van der Waals surface area contributed by atoms with Crippen LogP contribution in [0.3, 0.4) is 0 Å². The fraction of sp³-hybridized carbons (Fsp3) is 0.143. The summed E-state index contributed by atoms with van der Waals surface area (Å²) in [6, 6.07) is 7.36. The summed E-state index contributed by atoms with van der Waals surface area (Å²) in [7, 11) is 1.79. The molecule has 2 heterocycles. The third-order valence-corrected chi connectivity index (χ3v) is 3.21.